The molecule has 0 radical (unpaired) electrons. The van der Waals surface area contributed by atoms with E-state index in [2.05, 4.69) is 21.8 Å². The average molecular weight is 190 g/mol. The quantitative estimate of drug-likeness (QED) is 0.625. The van der Waals surface area contributed by atoms with E-state index in [1.54, 1.807) is 19.9 Å². The highest BCUT2D eigenvalue weighted by molar-refractivity contribution is 5.31. The Morgan fingerprint density at radius 2 is 1.93 bits per heavy atom. The number of aryl methyl sites for hydroxylation is 2. The van der Waals surface area contributed by atoms with Crippen LogP contribution >= 0.6 is 0 Å². The summed E-state index contributed by atoms with van der Waals surface area (Å²) in [6.07, 6.45) is 0. The van der Waals surface area contributed by atoms with Gasteiger partial charge in [0.25, 0.3) is 0 Å². The molecule has 1 aromatic heterocycles. The average Bonchev–Trinajstić information content (AvgIpc) is 1.97. The maximum atomic E-state index is 9.40. The van der Waals surface area contributed by atoms with Gasteiger partial charge in [-0.2, -0.15) is 0 Å². The van der Waals surface area contributed by atoms with Crippen molar-refractivity contribution in [1.29, 1.82) is 0 Å². The van der Waals surface area contributed by atoms with Crippen molar-refractivity contribution in [3.8, 4) is 11.8 Å². The van der Waals surface area contributed by atoms with Gasteiger partial charge in [-0.1, -0.05) is 5.92 Å². The van der Waals surface area contributed by atoms with Gasteiger partial charge in [0.05, 0.1) is 0 Å². The minimum Gasteiger partial charge on any atom is -0.378 e. The van der Waals surface area contributed by atoms with Crippen molar-refractivity contribution in [2.24, 2.45) is 0 Å². The third-order valence-electron chi connectivity index (χ3n) is 1.46. The van der Waals surface area contributed by atoms with Crippen LogP contribution in [0.2, 0.25) is 0 Å². The molecule has 1 N–H and O–H groups in total. The first-order valence-electron chi connectivity index (χ1n) is 4.45. The summed E-state index contributed by atoms with van der Waals surface area (Å²) in [7, 11) is 0. The molecule has 0 spiro atoms. The van der Waals surface area contributed by atoms with Crippen LogP contribution in [0.5, 0.6) is 0 Å². The molecule has 1 heterocycles. The lowest BCUT2D eigenvalue weighted by Crippen LogP contribution is -2.14. The lowest BCUT2D eigenvalue weighted by molar-refractivity contribution is 0.143. The molecule has 1 aromatic rings. The second kappa shape index (κ2) is 3.77. The van der Waals surface area contributed by atoms with Crippen LogP contribution in [0.4, 0.5) is 0 Å². The molecular weight excluding hydrogens is 176 g/mol. The molecule has 0 fully saturated rings. The summed E-state index contributed by atoms with van der Waals surface area (Å²) in [5, 5.41) is 9.40. The normalized spacial score (nSPS) is 10.6. The third kappa shape index (κ3) is 3.55. The maximum Gasteiger partial charge on any atom is 0.126 e. The summed E-state index contributed by atoms with van der Waals surface area (Å²) in [5.74, 6) is 6.22. The fourth-order valence-electron chi connectivity index (χ4n) is 0.998. The predicted octanol–water partition coefficient (Wildman–Crippen LogP) is 1.22. The molecule has 0 bridgehead atoms. The van der Waals surface area contributed by atoms with Crippen LogP contribution in [-0.4, -0.2) is 20.7 Å². The van der Waals surface area contributed by atoms with E-state index >= 15 is 0 Å². The highest BCUT2D eigenvalue weighted by atomic mass is 16.3. The van der Waals surface area contributed by atoms with E-state index in [1.165, 1.54) is 0 Å². The Morgan fingerprint density at radius 1 is 1.29 bits per heavy atom. The number of nitrogens with zero attached hydrogens (tertiary/aromatic N) is 2. The molecule has 0 atom stereocenters. The molecule has 0 saturated carbocycles. The second-order valence-corrected chi connectivity index (χ2v) is 3.75. The summed E-state index contributed by atoms with van der Waals surface area (Å²) in [6.45, 7) is 6.99. The fourth-order valence-corrected chi connectivity index (χ4v) is 0.998. The molecule has 0 aliphatic heterocycles. The van der Waals surface area contributed by atoms with E-state index in [-0.39, 0.29) is 0 Å². The number of aromatic nitrogens is 2. The van der Waals surface area contributed by atoms with Gasteiger partial charge in [-0.05, 0) is 39.7 Å². The van der Waals surface area contributed by atoms with Crippen LogP contribution in [0.1, 0.15) is 31.1 Å². The number of rotatable bonds is 0. The van der Waals surface area contributed by atoms with Crippen LogP contribution in [0, 0.1) is 25.7 Å². The Labute approximate surface area is 84.2 Å². The van der Waals surface area contributed by atoms with Crippen molar-refractivity contribution in [2.45, 2.75) is 33.3 Å². The lowest BCUT2D eigenvalue weighted by atomic mass is 10.1. The molecule has 74 valence electrons. The molecule has 0 aromatic carbocycles. The molecule has 14 heavy (non-hydrogen) atoms. The summed E-state index contributed by atoms with van der Waals surface area (Å²) in [6, 6.07) is 1.80. The van der Waals surface area contributed by atoms with Crippen molar-refractivity contribution in [3.05, 3.63) is 23.3 Å². The minimum atomic E-state index is -0.979. The van der Waals surface area contributed by atoms with Crippen molar-refractivity contribution in [3.63, 3.8) is 0 Å². The van der Waals surface area contributed by atoms with Crippen LogP contribution in [0.15, 0.2) is 6.07 Å². The van der Waals surface area contributed by atoms with Crippen LogP contribution < -0.4 is 0 Å². The molecule has 3 nitrogen and oxygen atoms in total. The third-order valence-corrected chi connectivity index (χ3v) is 1.46. The van der Waals surface area contributed by atoms with Gasteiger partial charge in [-0.3, -0.25) is 0 Å². The molecule has 0 unspecified atom stereocenters. The lowest BCUT2D eigenvalue weighted by Gasteiger charge is -2.05. The van der Waals surface area contributed by atoms with E-state index in [9.17, 15) is 5.11 Å². The first-order chi connectivity index (χ1) is 6.37. The van der Waals surface area contributed by atoms with Gasteiger partial charge < -0.3 is 5.11 Å². The first kappa shape index (κ1) is 10.7. The molecule has 0 aliphatic rings. The Morgan fingerprint density at radius 3 is 2.43 bits per heavy atom. The molecule has 0 aliphatic carbocycles. The Bertz CT molecular complexity index is 374. The topological polar surface area (TPSA) is 46.0 Å². The zero-order valence-electron chi connectivity index (χ0n) is 8.92. The van der Waals surface area contributed by atoms with Gasteiger partial charge in [0.2, 0.25) is 0 Å². The van der Waals surface area contributed by atoms with Crippen LogP contribution in [0.3, 0.4) is 0 Å². The smallest absolute Gasteiger partial charge is 0.126 e. The maximum absolute atomic E-state index is 9.40. The Kier molecular flexibility index (Phi) is 2.87. The van der Waals surface area contributed by atoms with Gasteiger partial charge in [-0.15, -0.1) is 0 Å². The van der Waals surface area contributed by atoms with Crippen molar-refractivity contribution in [2.75, 3.05) is 0 Å². The summed E-state index contributed by atoms with van der Waals surface area (Å²) in [4.78, 5) is 8.28. The van der Waals surface area contributed by atoms with Crippen molar-refractivity contribution < 1.29 is 5.11 Å². The Hall–Kier alpha value is -1.40. The molecule has 3 heteroatoms. The zero-order chi connectivity index (χ0) is 10.8. The first-order valence-corrected chi connectivity index (χ1v) is 4.45. The Balaban J connectivity index is 3.02. The van der Waals surface area contributed by atoms with E-state index in [0.717, 1.165) is 5.69 Å². The van der Waals surface area contributed by atoms with Gasteiger partial charge in [0.15, 0.2) is 0 Å². The van der Waals surface area contributed by atoms with E-state index in [0.29, 0.717) is 11.5 Å². The fraction of sp³-hybridized carbons (Fsp3) is 0.455. The molecule has 0 saturated heterocycles. The standard InChI is InChI=1S/C11H14N2O/c1-8-7-10(13-9(2)12-8)5-6-11(3,4)14/h7,14H,1-4H3. The van der Waals surface area contributed by atoms with E-state index in [1.807, 2.05) is 13.8 Å². The van der Waals surface area contributed by atoms with Gasteiger partial charge in [0.1, 0.15) is 17.1 Å². The van der Waals surface area contributed by atoms with Crippen molar-refractivity contribution >= 4 is 0 Å². The van der Waals surface area contributed by atoms with E-state index < -0.39 is 5.60 Å². The monoisotopic (exact) mass is 190 g/mol. The molecular formula is C11H14N2O. The number of aliphatic hydroxyl groups is 1. The van der Waals surface area contributed by atoms with Gasteiger partial charge >= 0.3 is 0 Å². The van der Waals surface area contributed by atoms with Crippen molar-refractivity contribution in [1.82, 2.24) is 9.97 Å². The highest BCUT2D eigenvalue weighted by Gasteiger charge is 2.06. The predicted molar refractivity (Wildman–Crippen MR) is 54.7 cm³/mol. The summed E-state index contributed by atoms with van der Waals surface area (Å²) in [5.41, 5.74) is 0.557. The second-order valence-electron chi connectivity index (χ2n) is 3.75. The minimum absolute atomic E-state index is 0.650. The van der Waals surface area contributed by atoms with Crippen LogP contribution in [0.25, 0.3) is 0 Å². The van der Waals surface area contributed by atoms with Crippen LogP contribution in [-0.2, 0) is 0 Å². The summed E-state index contributed by atoms with van der Waals surface area (Å²) < 4.78 is 0. The van der Waals surface area contributed by atoms with Gasteiger partial charge in [0, 0.05) is 5.69 Å². The molecule has 0 amide bonds. The van der Waals surface area contributed by atoms with Gasteiger partial charge in [-0.25, -0.2) is 9.97 Å². The largest absolute Gasteiger partial charge is 0.378 e. The summed E-state index contributed by atoms with van der Waals surface area (Å²) >= 11 is 0. The zero-order valence-corrected chi connectivity index (χ0v) is 8.92. The molecule has 1 rings (SSSR count). The van der Waals surface area contributed by atoms with E-state index in [4.69, 9.17) is 0 Å². The number of hydrogen-bond acceptors (Lipinski definition) is 3. The SMILES string of the molecule is Cc1cc(C#CC(C)(C)O)nc(C)n1. The number of hydrogen-bond donors (Lipinski definition) is 1. The highest BCUT2D eigenvalue weighted by Crippen LogP contribution is 2.01.